The number of nitrogens with one attached hydrogen (secondary N) is 1. The van der Waals surface area contributed by atoms with Crippen LogP contribution >= 0.6 is 0 Å². The Morgan fingerprint density at radius 2 is 2.07 bits per heavy atom. The number of aromatic hydroxyl groups is 1. The lowest BCUT2D eigenvalue weighted by atomic mass is 9.59. The topological polar surface area (TPSA) is 95.7 Å². The van der Waals surface area contributed by atoms with Crippen molar-refractivity contribution in [2.24, 2.45) is 17.6 Å². The predicted octanol–water partition coefficient (Wildman–Crippen LogP) is 3.44. The van der Waals surface area contributed by atoms with E-state index in [1.165, 1.54) is 12.8 Å². The Labute approximate surface area is 173 Å². The third-order valence-electron chi connectivity index (χ3n) is 7.00. The van der Waals surface area contributed by atoms with E-state index in [0.29, 0.717) is 6.04 Å². The van der Waals surface area contributed by atoms with Crippen LogP contribution in [0.2, 0.25) is 0 Å². The number of likely N-dealkylation sites (tertiary alicyclic amines) is 1. The van der Waals surface area contributed by atoms with E-state index < -0.39 is 11.4 Å². The van der Waals surface area contributed by atoms with Crippen molar-refractivity contribution < 1.29 is 14.7 Å². The lowest BCUT2D eigenvalue weighted by Gasteiger charge is -2.53. The Kier molecular flexibility index (Phi) is 6.52. The first-order valence-electron chi connectivity index (χ1n) is 10.9. The Balaban J connectivity index is 2.02. The monoisotopic (exact) mass is 401 g/mol. The third kappa shape index (κ3) is 4.74. The van der Waals surface area contributed by atoms with E-state index in [4.69, 9.17) is 5.73 Å². The Hall–Kier alpha value is -2.08. The lowest BCUT2D eigenvalue weighted by molar-refractivity contribution is -0.123. The van der Waals surface area contributed by atoms with Crippen molar-refractivity contribution in [3.63, 3.8) is 0 Å². The standard InChI is InChI=1S/C23H35N3O3/c1-4-5-19-16(3)26(14-17-7-8-17)11-10-23(19,13-21(28)25-22(24)29)20-12-18(27)9-6-15(20)2/h6,9,12,16-17,19,27H,4-5,7-8,10-11,13-14H2,1-3H3,(H3,24,25,28,29). The van der Waals surface area contributed by atoms with Crippen molar-refractivity contribution in [1.82, 2.24) is 10.2 Å². The van der Waals surface area contributed by atoms with Gasteiger partial charge in [-0.3, -0.25) is 10.1 Å². The fourth-order valence-corrected chi connectivity index (χ4v) is 5.43. The maximum absolute atomic E-state index is 12.7. The van der Waals surface area contributed by atoms with Crippen LogP contribution in [0.25, 0.3) is 0 Å². The molecule has 0 aromatic heterocycles. The molecule has 1 aromatic carbocycles. The summed E-state index contributed by atoms with van der Waals surface area (Å²) in [6.45, 7) is 8.53. The van der Waals surface area contributed by atoms with Gasteiger partial charge in [-0.25, -0.2) is 4.79 Å². The van der Waals surface area contributed by atoms with Gasteiger partial charge in [0.2, 0.25) is 5.91 Å². The van der Waals surface area contributed by atoms with Crippen molar-refractivity contribution in [2.45, 2.75) is 70.8 Å². The van der Waals surface area contributed by atoms with Gasteiger partial charge in [0.15, 0.2) is 0 Å². The molecule has 29 heavy (non-hydrogen) atoms. The second-order valence-electron chi connectivity index (χ2n) is 9.07. The van der Waals surface area contributed by atoms with Crippen LogP contribution in [0.4, 0.5) is 4.79 Å². The summed E-state index contributed by atoms with van der Waals surface area (Å²) >= 11 is 0. The van der Waals surface area contributed by atoms with Crippen molar-refractivity contribution >= 4 is 11.9 Å². The number of carbonyl (C=O) groups is 2. The minimum Gasteiger partial charge on any atom is -0.508 e. The molecule has 0 radical (unpaired) electrons. The normalized spacial score (nSPS) is 27.6. The molecular formula is C23H35N3O3. The van der Waals surface area contributed by atoms with Crippen molar-refractivity contribution in [2.75, 3.05) is 13.1 Å². The number of benzene rings is 1. The van der Waals surface area contributed by atoms with E-state index in [-0.39, 0.29) is 24.0 Å². The number of nitrogens with two attached hydrogens (primary N) is 1. The number of aryl methyl sites for hydroxylation is 1. The first-order chi connectivity index (χ1) is 13.8. The van der Waals surface area contributed by atoms with E-state index in [2.05, 4.69) is 24.1 Å². The summed E-state index contributed by atoms with van der Waals surface area (Å²) in [5.74, 6) is 0.930. The second kappa shape index (κ2) is 8.74. The molecule has 3 rings (SSSR count). The molecule has 0 spiro atoms. The first-order valence-corrected chi connectivity index (χ1v) is 10.9. The molecule has 2 fully saturated rings. The summed E-state index contributed by atoms with van der Waals surface area (Å²) in [6, 6.07) is 4.94. The summed E-state index contributed by atoms with van der Waals surface area (Å²) < 4.78 is 0. The molecule has 1 saturated heterocycles. The van der Waals surface area contributed by atoms with Gasteiger partial charge in [-0.15, -0.1) is 0 Å². The Morgan fingerprint density at radius 1 is 1.34 bits per heavy atom. The zero-order valence-electron chi connectivity index (χ0n) is 17.9. The molecule has 160 valence electrons. The predicted molar refractivity (Wildman–Crippen MR) is 114 cm³/mol. The number of carbonyl (C=O) groups excluding carboxylic acids is 2. The summed E-state index contributed by atoms with van der Waals surface area (Å²) in [5, 5.41) is 12.5. The maximum atomic E-state index is 12.7. The minimum atomic E-state index is -0.816. The van der Waals surface area contributed by atoms with Gasteiger partial charge in [-0.1, -0.05) is 19.4 Å². The lowest BCUT2D eigenvalue weighted by Crippen LogP contribution is -2.57. The Bertz CT molecular complexity index is 762. The highest BCUT2D eigenvalue weighted by Gasteiger charge is 2.49. The van der Waals surface area contributed by atoms with E-state index in [1.807, 2.05) is 19.1 Å². The summed E-state index contributed by atoms with van der Waals surface area (Å²) in [7, 11) is 0. The SMILES string of the molecule is CCCC1C(C)N(CC2CC2)CCC1(CC(=O)NC(N)=O)c1cc(O)ccc1C. The highest BCUT2D eigenvalue weighted by Crippen LogP contribution is 2.49. The highest BCUT2D eigenvalue weighted by molar-refractivity contribution is 5.94. The molecule has 3 atom stereocenters. The molecule has 0 bridgehead atoms. The van der Waals surface area contributed by atoms with Crippen molar-refractivity contribution in [3.8, 4) is 5.75 Å². The maximum Gasteiger partial charge on any atom is 0.318 e. The Morgan fingerprint density at radius 3 is 2.69 bits per heavy atom. The first kappa shape index (κ1) is 21.6. The molecule has 4 N–H and O–H groups in total. The molecule has 1 heterocycles. The zero-order chi connectivity index (χ0) is 21.2. The number of hydrogen-bond donors (Lipinski definition) is 3. The van der Waals surface area contributed by atoms with Gasteiger partial charge in [0, 0.05) is 24.4 Å². The molecule has 1 aliphatic heterocycles. The van der Waals surface area contributed by atoms with E-state index >= 15 is 0 Å². The van der Waals surface area contributed by atoms with Gasteiger partial charge in [0.25, 0.3) is 0 Å². The number of urea groups is 1. The quantitative estimate of drug-likeness (QED) is 0.652. The summed E-state index contributed by atoms with van der Waals surface area (Å²) in [6.07, 6.45) is 5.67. The van der Waals surface area contributed by atoms with E-state index in [1.54, 1.807) is 6.07 Å². The molecule has 6 heteroatoms. The van der Waals surface area contributed by atoms with Gasteiger partial charge in [0.1, 0.15) is 5.75 Å². The van der Waals surface area contributed by atoms with Crippen LogP contribution in [0.15, 0.2) is 18.2 Å². The number of imide groups is 1. The van der Waals surface area contributed by atoms with E-state index in [0.717, 1.165) is 49.4 Å². The second-order valence-corrected chi connectivity index (χ2v) is 9.07. The number of hydrogen-bond acceptors (Lipinski definition) is 4. The number of nitrogens with zero attached hydrogens (tertiary/aromatic N) is 1. The third-order valence-corrected chi connectivity index (χ3v) is 7.00. The van der Waals surface area contributed by atoms with Gasteiger partial charge in [-0.05, 0) is 81.2 Å². The molecule has 1 aromatic rings. The van der Waals surface area contributed by atoms with Crippen LogP contribution in [0.1, 0.15) is 63.5 Å². The van der Waals surface area contributed by atoms with Crippen molar-refractivity contribution in [3.05, 3.63) is 29.3 Å². The van der Waals surface area contributed by atoms with Gasteiger partial charge in [-0.2, -0.15) is 0 Å². The van der Waals surface area contributed by atoms with Gasteiger partial charge < -0.3 is 15.7 Å². The zero-order valence-corrected chi connectivity index (χ0v) is 17.9. The van der Waals surface area contributed by atoms with Crippen LogP contribution in [-0.4, -0.2) is 41.1 Å². The summed E-state index contributed by atoms with van der Waals surface area (Å²) in [4.78, 5) is 26.6. The average Bonchev–Trinajstić information content (AvgIpc) is 3.46. The number of phenols is 1. The molecule has 3 amide bonds. The van der Waals surface area contributed by atoms with Crippen LogP contribution in [-0.2, 0) is 10.2 Å². The molecule has 2 aliphatic rings. The molecule has 1 saturated carbocycles. The minimum absolute atomic E-state index is 0.201. The highest BCUT2D eigenvalue weighted by atomic mass is 16.3. The molecule has 3 unspecified atom stereocenters. The fraction of sp³-hybridized carbons (Fsp3) is 0.652. The van der Waals surface area contributed by atoms with Crippen LogP contribution < -0.4 is 11.1 Å². The number of piperidine rings is 1. The number of rotatable bonds is 7. The molecule has 1 aliphatic carbocycles. The number of phenolic OH excluding ortho intramolecular Hbond substituents is 1. The van der Waals surface area contributed by atoms with Gasteiger partial charge in [0.05, 0.1) is 0 Å². The average molecular weight is 402 g/mol. The van der Waals surface area contributed by atoms with Gasteiger partial charge >= 0.3 is 6.03 Å². The fourth-order valence-electron chi connectivity index (χ4n) is 5.43. The van der Waals surface area contributed by atoms with Crippen LogP contribution in [0, 0.1) is 18.8 Å². The van der Waals surface area contributed by atoms with Crippen molar-refractivity contribution in [1.29, 1.82) is 0 Å². The molecule has 6 nitrogen and oxygen atoms in total. The number of primary amides is 1. The molecular weight excluding hydrogens is 366 g/mol. The van der Waals surface area contributed by atoms with Crippen LogP contribution in [0.5, 0.6) is 5.75 Å². The smallest absolute Gasteiger partial charge is 0.318 e. The largest absolute Gasteiger partial charge is 0.508 e. The van der Waals surface area contributed by atoms with Crippen LogP contribution in [0.3, 0.4) is 0 Å². The summed E-state index contributed by atoms with van der Waals surface area (Å²) in [5.41, 5.74) is 6.88. The number of amides is 3. The van der Waals surface area contributed by atoms with E-state index in [9.17, 15) is 14.7 Å².